The summed E-state index contributed by atoms with van der Waals surface area (Å²) >= 11 is 15.1. The summed E-state index contributed by atoms with van der Waals surface area (Å²) in [5.74, 6) is -0.195. The van der Waals surface area contributed by atoms with Crippen molar-refractivity contribution in [3.8, 4) is 0 Å². The average Bonchev–Trinajstić information content (AvgIpc) is 2.37. The van der Waals surface area contributed by atoms with Crippen LogP contribution in [0.3, 0.4) is 0 Å². The highest BCUT2D eigenvalue weighted by atomic mass is 79.9. The van der Waals surface area contributed by atoms with E-state index in [0.717, 1.165) is 10.0 Å². The van der Waals surface area contributed by atoms with Gasteiger partial charge in [0.1, 0.15) is 0 Å². The summed E-state index contributed by atoms with van der Waals surface area (Å²) in [4.78, 5) is 12.1. The van der Waals surface area contributed by atoms with Gasteiger partial charge in [0, 0.05) is 15.7 Å². The molecule has 98 valence electrons. The molecule has 5 heteroatoms. The number of rotatable bonds is 2. The van der Waals surface area contributed by atoms with Crippen LogP contribution in [0.5, 0.6) is 0 Å². The number of carbonyl (C=O) groups is 1. The van der Waals surface area contributed by atoms with Crippen molar-refractivity contribution in [1.82, 2.24) is 0 Å². The molecule has 0 saturated carbocycles. The maximum Gasteiger partial charge on any atom is 0.255 e. The van der Waals surface area contributed by atoms with Gasteiger partial charge in [0.2, 0.25) is 0 Å². The first kappa shape index (κ1) is 14.4. The van der Waals surface area contributed by atoms with Gasteiger partial charge in [-0.05, 0) is 42.8 Å². The predicted molar refractivity (Wildman–Crippen MR) is 83.3 cm³/mol. The molecule has 19 heavy (non-hydrogen) atoms. The molecule has 0 heterocycles. The van der Waals surface area contributed by atoms with Crippen LogP contribution in [0.15, 0.2) is 40.9 Å². The summed E-state index contributed by atoms with van der Waals surface area (Å²) in [6.07, 6.45) is 0. The lowest BCUT2D eigenvalue weighted by atomic mass is 10.1. The molecule has 1 amide bonds. The molecule has 2 nitrogen and oxygen atoms in total. The fourth-order valence-corrected chi connectivity index (χ4v) is 2.19. The molecule has 0 saturated heterocycles. The van der Waals surface area contributed by atoms with E-state index in [0.29, 0.717) is 21.3 Å². The minimum absolute atomic E-state index is 0.195. The van der Waals surface area contributed by atoms with Gasteiger partial charge in [-0.2, -0.15) is 0 Å². The van der Waals surface area contributed by atoms with Crippen LogP contribution in [-0.4, -0.2) is 5.91 Å². The number of anilines is 1. The van der Waals surface area contributed by atoms with Crippen LogP contribution in [0.1, 0.15) is 15.9 Å². The van der Waals surface area contributed by atoms with Crippen molar-refractivity contribution in [2.45, 2.75) is 6.92 Å². The third-order valence-corrected chi connectivity index (χ3v) is 4.20. The van der Waals surface area contributed by atoms with Crippen LogP contribution in [-0.2, 0) is 0 Å². The van der Waals surface area contributed by atoms with Gasteiger partial charge in [-0.25, -0.2) is 0 Å². The lowest BCUT2D eigenvalue weighted by molar-refractivity contribution is 0.102. The van der Waals surface area contributed by atoms with Gasteiger partial charge in [0.25, 0.3) is 5.91 Å². The molecule has 1 N–H and O–H groups in total. The zero-order chi connectivity index (χ0) is 14.0. The van der Waals surface area contributed by atoms with Crippen LogP contribution >= 0.6 is 39.1 Å². The topological polar surface area (TPSA) is 29.1 Å². The highest BCUT2D eigenvalue weighted by molar-refractivity contribution is 9.10. The molecular weight excluding hydrogens is 349 g/mol. The molecule has 0 unspecified atom stereocenters. The minimum Gasteiger partial charge on any atom is -0.322 e. The monoisotopic (exact) mass is 357 g/mol. The Balaban J connectivity index is 2.20. The van der Waals surface area contributed by atoms with Crippen molar-refractivity contribution in [2.24, 2.45) is 0 Å². The Labute approximate surface area is 129 Å². The van der Waals surface area contributed by atoms with E-state index in [9.17, 15) is 4.79 Å². The van der Waals surface area contributed by atoms with Crippen molar-refractivity contribution < 1.29 is 4.79 Å². The summed E-state index contributed by atoms with van der Waals surface area (Å²) in [7, 11) is 0. The zero-order valence-electron chi connectivity index (χ0n) is 10.0. The smallest absolute Gasteiger partial charge is 0.255 e. The third kappa shape index (κ3) is 3.50. The molecule has 0 bridgehead atoms. The van der Waals surface area contributed by atoms with Gasteiger partial charge in [0.05, 0.1) is 10.0 Å². The summed E-state index contributed by atoms with van der Waals surface area (Å²) in [5, 5.41) is 3.63. The average molecular weight is 359 g/mol. The highest BCUT2D eigenvalue weighted by Crippen LogP contribution is 2.25. The van der Waals surface area contributed by atoms with Crippen LogP contribution in [0.25, 0.3) is 0 Å². The lowest BCUT2D eigenvalue weighted by Crippen LogP contribution is -2.11. The molecule has 2 aromatic carbocycles. The number of carbonyl (C=O) groups excluding carboxylic acids is 1. The van der Waals surface area contributed by atoms with E-state index in [4.69, 9.17) is 23.2 Å². The van der Waals surface area contributed by atoms with E-state index >= 15 is 0 Å². The summed E-state index contributed by atoms with van der Waals surface area (Å²) in [5.41, 5.74) is 2.26. The van der Waals surface area contributed by atoms with Crippen molar-refractivity contribution >= 4 is 50.7 Å². The SMILES string of the molecule is Cc1ccc(C(=O)Nc2ccc(Cl)c(Cl)c2)cc1Br. The highest BCUT2D eigenvalue weighted by Gasteiger charge is 2.08. The summed E-state index contributed by atoms with van der Waals surface area (Å²) in [6, 6.07) is 10.4. The first-order valence-corrected chi connectivity index (χ1v) is 7.05. The van der Waals surface area contributed by atoms with E-state index in [1.165, 1.54) is 0 Å². The maximum absolute atomic E-state index is 12.1. The lowest BCUT2D eigenvalue weighted by Gasteiger charge is -2.07. The molecule has 0 atom stereocenters. The molecule has 2 aromatic rings. The van der Waals surface area contributed by atoms with Gasteiger partial charge in [-0.15, -0.1) is 0 Å². The quantitative estimate of drug-likeness (QED) is 0.773. The van der Waals surface area contributed by atoms with E-state index in [2.05, 4.69) is 21.2 Å². The molecule has 0 aromatic heterocycles. The van der Waals surface area contributed by atoms with E-state index in [1.54, 1.807) is 30.3 Å². The molecule has 0 radical (unpaired) electrons. The second-order valence-corrected chi connectivity index (χ2v) is 5.72. The number of benzene rings is 2. The Morgan fingerprint density at radius 2 is 1.84 bits per heavy atom. The molecule has 0 aliphatic rings. The van der Waals surface area contributed by atoms with Crippen molar-refractivity contribution in [2.75, 3.05) is 5.32 Å². The van der Waals surface area contributed by atoms with Gasteiger partial charge in [-0.1, -0.05) is 45.2 Å². The second kappa shape index (κ2) is 5.95. The number of amides is 1. The Bertz CT molecular complexity index is 643. The first-order chi connectivity index (χ1) is 8.97. The molecule has 0 aliphatic heterocycles. The Morgan fingerprint density at radius 3 is 2.47 bits per heavy atom. The van der Waals surface area contributed by atoms with Crippen LogP contribution in [0.4, 0.5) is 5.69 Å². The summed E-state index contributed by atoms with van der Waals surface area (Å²) in [6.45, 7) is 1.96. The van der Waals surface area contributed by atoms with Crippen molar-refractivity contribution in [3.05, 3.63) is 62.0 Å². The maximum atomic E-state index is 12.1. The van der Waals surface area contributed by atoms with Crippen LogP contribution < -0.4 is 5.32 Å². The van der Waals surface area contributed by atoms with Gasteiger partial charge < -0.3 is 5.32 Å². The molecule has 0 fully saturated rings. The standard InChI is InChI=1S/C14H10BrCl2NO/c1-8-2-3-9(6-11(8)15)14(19)18-10-4-5-12(16)13(17)7-10/h2-7H,1H3,(H,18,19). The van der Waals surface area contributed by atoms with E-state index in [1.807, 2.05) is 13.0 Å². The molecule has 0 spiro atoms. The van der Waals surface area contributed by atoms with Crippen molar-refractivity contribution in [1.29, 1.82) is 0 Å². The van der Waals surface area contributed by atoms with Crippen molar-refractivity contribution in [3.63, 3.8) is 0 Å². The van der Waals surface area contributed by atoms with Gasteiger partial charge in [0.15, 0.2) is 0 Å². The number of hydrogen-bond donors (Lipinski definition) is 1. The van der Waals surface area contributed by atoms with Gasteiger partial charge in [-0.3, -0.25) is 4.79 Å². The molecule has 0 aliphatic carbocycles. The number of nitrogens with one attached hydrogen (secondary N) is 1. The Morgan fingerprint density at radius 1 is 1.11 bits per heavy atom. The summed E-state index contributed by atoms with van der Waals surface area (Å²) < 4.78 is 0.897. The normalized spacial score (nSPS) is 10.3. The van der Waals surface area contributed by atoms with E-state index in [-0.39, 0.29) is 5.91 Å². The predicted octanol–water partition coefficient (Wildman–Crippen LogP) is 5.32. The number of hydrogen-bond acceptors (Lipinski definition) is 1. The molecular formula is C14H10BrCl2NO. The fraction of sp³-hybridized carbons (Fsp3) is 0.0714. The zero-order valence-corrected chi connectivity index (χ0v) is 13.1. The Kier molecular flexibility index (Phi) is 4.50. The van der Waals surface area contributed by atoms with Gasteiger partial charge >= 0.3 is 0 Å². The van der Waals surface area contributed by atoms with E-state index < -0.39 is 0 Å². The Hall–Kier alpha value is -1.03. The van der Waals surface area contributed by atoms with Crippen LogP contribution in [0, 0.1) is 6.92 Å². The molecule has 2 rings (SSSR count). The first-order valence-electron chi connectivity index (χ1n) is 5.50. The minimum atomic E-state index is -0.195. The second-order valence-electron chi connectivity index (χ2n) is 4.05. The number of halogens is 3. The van der Waals surface area contributed by atoms with Crippen LogP contribution in [0.2, 0.25) is 10.0 Å². The third-order valence-electron chi connectivity index (χ3n) is 2.61. The number of aryl methyl sites for hydroxylation is 1. The fourth-order valence-electron chi connectivity index (χ4n) is 1.51. The largest absolute Gasteiger partial charge is 0.322 e.